The predicted molar refractivity (Wildman–Crippen MR) is 87.3 cm³/mol. The summed E-state index contributed by atoms with van der Waals surface area (Å²) in [5, 5.41) is 0.624. The second-order valence-corrected chi connectivity index (χ2v) is 7.48. The Bertz CT molecular complexity index is 557. The molecule has 4 nitrogen and oxygen atoms in total. The zero-order chi connectivity index (χ0) is 15.8. The summed E-state index contributed by atoms with van der Waals surface area (Å²) in [6.07, 6.45) is 0.337. The molecule has 0 bridgehead atoms. The maximum Gasteiger partial charge on any atom is 0.410 e. The van der Waals surface area contributed by atoms with Gasteiger partial charge in [-0.25, -0.2) is 4.79 Å². The van der Waals surface area contributed by atoms with Gasteiger partial charge in [0.1, 0.15) is 5.60 Å². The molecule has 0 saturated carbocycles. The lowest BCUT2D eigenvalue weighted by molar-refractivity contribution is 0.0235. The molecule has 0 unspecified atom stereocenters. The Balaban J connectivity index is 2.31. The summed E-state index contributed by atoms with van der Waals surface area (Å²) in [6, 6.07) is 3.56. The highest BCUT2D eigenvalue weighted by atomic mass is 79.9. The molecular weight excluding hydrogens is 356 g/mol. The average Bonchev–Trinajstić information content (AvgIpc) is 2.52. The molecule has 1 aliphatic rings. The summed E-state index contributed by atoms with van der Waals surface area (Å²) in [7, 11) is 0. The van der Waals surface area contributed by atoms with Crippen molar-refractivity contribution in [1.29, 1.82) is 0 Å². The normalized spacial score (nSPS) is 19.0. The molecule has 0 radical (unpaired) electrons. The van der Waals surface area contributed by atoms with Crippen LogP contribution in [0.1, 0.15) is 44.4 Å². The van der Waals surface area contributed by atoms with E-state index in [2.05, 4.69) is 15.9 Å². The number of benzene rings is 1. The Labute approximate surface area is 138 Å². The summed E-state index contributed by atoms with van der Waals surface area (Å²) in [6.45, 7) is 6.52. The number of carbonyl (C=O) groups is 1. The second kappa shape index (κ2) is 6.15. The standard InChI is InChI=1S/C15H20BrClN2O2/c1-15(2,3)21-14(20)19-7-6-12(18)13-9(8-19)11(17)5-4-10(13)16/h4-5,12H,6-8,18H2,1-3H3/t12-/m0/s1. The first kappa shape index (κ1) is 16.6. The van der Waals surface area contributed by atoms with Gasteiger partial charge in [-0.15, -0.1) is 0 Å². The Morgan fingerprint density at radius 3 is 2.76 bits per heavy atom. The highest BCUT2D eigenvalue weighted by molar-refractivity contribution is 9.10. The Morgan fingerprint density at radius 2 is 2.14 bits per heavy atom. The number of rotatable bonds is 0. The van der Waals surface area contributed by atoms with Gasteiger partial charge in [0.25, 0.3) is 0 Å². The van der Waals surface area contributed by atoms with E-state index in [1.165, 1.54) is 0 Å². The molecule has 0 aliphatic carbocycles. The van der Waals surface area contributed by atoms with Gasteiger partial charge >= 0.3 is 6.09 Å². The SMILES string of the molecule is CC(C)(C)OC(=O)N1CC[C@H](N)c2c(Br)ccc(Cl)c2C1. The van der Waals surface area contributed by atoms with E-state index >= 15 is 0 Å². The van der Waals surface area contributed by atoms with Crippen LogP contribution in [0.2, 0.25) is 5.02 Å². The van der Waals surface area contributed by atoms with Gasteiger partial charge in [-0.05, 0) is 50.5 Å². The van der Waals surface area contributed by atoms with Gasteiger partial charge in [-0.1, -0.05) is 27.5 Å². The van der Waals surface area contributed by atoms with Crippen molar-refractivity contribution in [2.24, 2.45) is 5.73 Å². The highest BCUT2D eigenvalue weighted by Gasteiger charge is 2.29. The first-order valence-electron chi connectivity index (χ1n) is 6.89. The van der Waals surface area contributed by atoms with Crippen LogP contribution >= 0.6 is 27.5 Å². The van der Waals surface area contributed by atoms with Crippen LogP contribution < -0.4 is 5.73 Å². The quantitative estimate of drug-likeness (QED) is 0.738. The summed E-state index contributed by atoms with van der Waals surface area (Å²) in [4.78, 5) is 13.9. The Kier molecular flexibility index (Phi) is 4.85. The van der Waals surface area contributed by atoms with E-state index in [1.54, 1.807) is 4.90 Å². The largest absolute Gasteiger partial charge is 0.444 e. The first-order chi connectivity index (χ1) is 9.69. The molecular formula is C15H20BrClN2O2. The van der Waals surface area contributed by atoms with Crippen molar-refractivity contribution >= 4 is 33.6 Å². The van der Waals surface area contributed by atoms with Crippen LogP contribution in [0.15, 0.2) is 16.6 Å². The molecule has 1 aliphatic heterocycles. The summed E-state index contributed by atoms with van der Waals surface area (Å²) < 4.78 is 6.38. The smallest absolute Gasteiger partial charge is 0.410 e. The molecule has 1 aromatic carbocycles. The molecule has 2 N–H and O–H groups in total. The van der Waals surface area contributed by atoms with Crippen LogP contribution in [0.4, 0.5) is 4.79 Å². The third kappa shape index (κ3) is 3.90. The van der Waals surface area contributed by atoms with Gasteiger partial charge in [0.2, 0.25) is 0 Å². The van der Waals surface area contributed by atoms with E-state index in [1.807, 2.05) is 32.9 Å². The average molecular weight is 376 g/mol. The minimum absolute atomic E-state index is 0.152. The third-order valence-electron chi connectivity index (χ3n) is 3.33. The minimum atomic E-state index is -0.518. The number of fused-ring (bicyclic) bond motifs is 1. The lowest BCUT2D eigenvalue weighted by Gasteiger charge is -2.26. The molecule has 0 spiro atoms. The van der Waals surface area contributed by atoms with Crippen molar-refractivity contribution in [3.05, 3.63) is 32.8 Å². The van der Waals surface area contributed by atoms with Gasteiger partial charge in [-0.3, -0.25) is 0 Å². The second-order valence-electron chi connectivity index (χ2n) is 6.22. The maximum atomic E-state index is 12.3. The monoisotopic (exact) mass is 374 g/mol. The van der Waals surface area contributed by atoms with E-state index < -0.39 is 5.60 Å². The highest BCUT2D eigenvalue weighted by Crippen LogP contribution is 2.35. The maximum absolute atomic E-state index is 12.3. The fourth-order valence-corrected chi connectivity index (χ4v) is 3.25. The van der Waals surface area contributed by atoms with Gasteiger partial charge < -0.3 is 15.4 Å². The van der Waals surface area contributed by atoms with Crippen LogP contribution in [0.25, 0.3) is 0 Å². The molecule has 1 heterocycles. The Hall–Kier alpha value is -0.780. The molecule has 2 rings (SSSR count). The fourth-order valence-electron chi connectivity index (χ4n) is 2.36. The zero-order valence-electron chi connectivity index (χ0n) is 12.5. The molecule has 116 valence electrons. The number of ether oxygens (including phenoxy) is 1. The molecule has 6 heteroatoms. The van der Waals surface area contributed by atoms with Crippen LogP contribution in [-0.2, 0) is 11.3 Å². The minimum Gasteiger partial charge on any atom is -0.444 e. The van der Waals surface area contributed by atoms with Gasteiger partial charge in [-0.2, -0.15) is 0 Å². The van der Waals surface area contributed by atoms with Gasteiger partial charge in [0, 0.05) is 22.1 Å². The van der Waals surface area contributed by atoms with Gasteiger partial charge in [0.05, 0.1) is 6.54 Å². The molecule has 1 amide bonds. The fraction of sp³-hybridized carbons (Fsp3) is 0.533. The number of amides is 1. The van der Waals surface area contributed by atoms with E-state index in [0.717, 1.165) is 15.6 Å². The molecule has 0 aromatic heterocycles. The number of carbonyl (C=O) groups excluding carboxylic acids is 1. The zero-order valence-corrected chi connectivity index (χ0v) is 14.8. The van der Waals surface area contributed by atoms with Crippen LogP contribution in [0, 0.1) is 0 Å². The van der Waals surface area contributed by atoms with Crippen molar-refractivity contribution in [3.8, 4) is 0 Å². The lowest BCUT2D eigenvalue weighted by Crippen LogP contribution is -2.36. The van der Waals surface area contributed by atoms with E-state index in [0.29, 0.717) is 24.5 Å². The number of hydrogen-bond acceptors (Lipinski definition) is 3. The van der Waals surface area contributed by atoms with Crippen molar-refractivity contribution in [2.75, 3.05) is 6.54 Å². The molecule has 1 aromatic rings. The van der Waals surface area contributed by atoms with Gasteiger partial charge in [0.15, 0.2) is 0 Å². The number of halogens is 2. The van der Waals surface area contributed by atoms with Crippen molar-refractivity contribution < 1.29 is 9.53 Å². The van der Waals surface area contributed by atoms with E-state index in [9.17, 15) is 4.79 Å². The van der Waals surface area contributed by atoms with Crippen molar-refractivity contribution in [3.63, 3.8) is 0 Å². The summed E-state index contributed by atoms with van der Waals surface area (Å²) in [5.41, 5.74) is 7.59. The number of hydrogen-bond donors (Lipinski definition) is 1. The summed E-state index contributed by atoms with van der Waals surface area (Å²) in [5.74, 6) is 0. The van der Waals surface area contributed by atoms with E-state index in [-0.39, 0.29) is 12.1 Å². The van der Waals surface area contributed by atoms with Crippen LogP contribution in [0.5, 0.6) is 0 Å². The third-order valence-corrected chi connectivity index (χ3v) is 4.37. The lowest BCUT2D eigenvalue weighted by atomic mass is 10.0. The Morgan fingerprint density at radius 1 is 1.48 bits per heavy atom. The van der Waals surface area contributed by atoms with Crippen LogP contribution in [0.3, 0.4) is 0 Å². The topological polar surface area (TPSA) is 55.6 Å². The van der Waals surface area contributed by atoms with Crippen LogP contribution in [-0.4, -0.2) is 23.1 Å². The number of nitrogens with two attached hydrogens (primary N) is 1. The predicted octanol–water partition coefficient (Wildman–Crippen LogP) is 4.24. The molecule has 1 atom stereocenters. The molecule has 0 fully saturated rings. The number of nitrogens with zero attached hydrogens (tertiary/aromatic N) is 1. The van der Waals surface area contributed by atoms with Crippen molar-refractivity contribution in [1.82, 2.24) is 4.90 Å². The molecule has 0 saturated heterocycles. The van der Waals surface area contributed by atoms with Crippen molar-refractivity contribution in [2.45, 2.75) is 45.4 Å². The van der Waals surface area contributed by atoms with E-state index in [4.69, 9.17) is 22.1 Å². The first-order valence-corrected chi connectivity index (χ1v) is 8.06. The molecule has 21 heavy (non-hydrogen) atoms. The summed E-state index contributed by atoms with van der Waals surface area (Å²) >= 11 is 9.82.